The van der Waals surface area contributed by atoms with E-state index in [0.29, 0.717) is 18.7 Å². The van der Waals surface area contributed by atoms with Gasteiger partial charge in [-0.25, -0.2) is 0 Å². The van der Waals surface area contributed by atoms with Crippen LogP contribution in [0.25, 0.3) is 0 Å². The van der Waals surface area contributed by atoms with Crippen LogP contribution in [0.1, 0.15) is 15.9 Å². The molecular weight excluding hydrogens is 202 g/mol. The van der Waals surface area contributed by atoms with Crippen molar-refractivity contribution in [1.29, 1.82) is 0 Å². The molecule has 0 heterocycles. The van der Waals surface area contributed by atoms with Gasteiger partial charge in [-0.2, -0.15) is 0 Å². The van der Waals surface area contributed by atoms with Gasteiger partial charge in [0, 0.05) is 25.2 Å². The summed E-state index contributed by atoms with van der Waals surface area (Å²) in [5.41, 5.74) is 7.13. The Bertz CT molecular complexity index is 350. The maximum Gasteiger partial charge on any atom is 0.251 e. The molecule has 3 N–H and O–H groups in total. The van der Waals surface area contributed by atoms with E-state index in [2.05, 4.69) is 5.32 Å². The van der Waals surface area contributed by atoms with Crippen LogP contribution >= 0.6 is 0 Å². The zero-order valence-electron chi connectivity index (χ0n) is 9.86. The fourth-order valence-corrected chi connectivity index (χ4v) is 1.41. The predicted molar refractivity (Wildman–Crippen MR) is 65.2 cm³/mol. The van der Waals surface area contributed by atoms with E-state index in [0.717, 1.165) is 12.1 Å². The van der Waals surface area contributed by atoms with Crippen molar-refractivity contribution >= 4 is 5.91 Å². The molecule has 0 aromatic heterocycles. The highest BCUT2D eigenvalue weighted by Gasteiger charge is 2.08. The predicted octanol–water partition coefficient (Wildman–Crippen LogP) is 0.437. The number of nitrogens with two attached hydrogens (primary N) is 1. The average Bonchev–Trinajstić information content (AvgIpc) is 2.28. The van der Waals surface area contributed by atoms with Crippen molar-refractivity contribution in [2.75, 3.05) is 27.2 Å². The molecule has 0 aliphatic carbocycles. The zero-order chi connectivity index (χ0) is 12.0. The van der Waals surface area contributed by atoms with Gasteiger partial charge >= 0.3 is 0 Å². The van der Waals surface area contributed by atoms with Crippen LogP contribution in [0.5, 0.6) is 0 Å². The van der Waals surface area contributed by atoms with Gasteiger partial charge in [-0.3, -0.25) is 4.79 Å². The Morgan fingerprint density at radius 3 is 2.69 bits per heavy atom. The lowest BCUT2D eigenvalue weighted by atomic mass is 10.1. The van der Waals surface area contributed by atoms with E-state index in [1.165, 1.54) is 0 Å². The summed E-state index contributed by atoms with van der Waals surface area (Å²) in [5.74, 6) is -0.0529. The second kappa shape index (κ2) is 6.25. The van der Waals surface area contributed by atoms with Crippen molar-refractivity contribution in [2.45, 2.75) is 6.54 Å². The average molecular weight is 221 g/mol. The first-order chi connectivity index (χ1) is 7.65. The molecule has 1 aromatic carbocycles. The lowest BCUT2D eigenvalue weighted by Gasteiger charge is -2.11. The lowest BCUT2D eigenvalue weighted by molar-refractivity contribution is 0.0950. The molecule has 16 heavy (non-hydrogen) atoms. The summed E-state index contributed by atoms with van der Waals surface area (Å²) in [6, 6.07) is 7.41. The number of benzene rings is 1. The molecule has 0 atom stereocenters. The van der Waals surface area contributed by atoms with E-state index < -0.39 is 0 Å². The third-order valence-electron chi connectivity index (χ3n) is 2.33. The topological polar surface area (TPSA) is 58.4 Å². The molecule has 0 spiro atoms. The second-order valence-electron chi connectivity index (χ2n) is 3.92. The molecule has 0 aliphatic heterocycles. The summed E-state index contributed by atoms with van der Waals surface area (Å²) in [6.45, 7) is 1.86. The van der Waals surface area contributed by atoms with Gasteiger partial charge in [0.2, 0.25) is 0 Å². The number of hydrogen-bond acceptors (Lipinski definition) is 3. The fourth-order valence-electron chi connectivity index (χ4n) is 1.41. The molecule has 0 saturated heterocycles. The number of nitrogens with zero attached hydrogens (tertiary/aromatic N) is 1. The van der Waals surface area contributed by atoms with Gasteiger partial charge in [-0.1, -0.05) is 18.2 Å². The van der Waals surface area contributed by atoms with Crippen LogP contribution in [0, 0.1) is 0 Å². The molecule has 0 bridgehead atoms. The van der Waals surface area contributed by atoms with Gasteiger partial charge in [-0.15, -0.1) is 0 Å². The van der Waals surface area contributed by atoms with E-state index >= 15 is 0 Å². The Balaban J connectivity index is 2.59. The smallest absolute Gasteiger partial charge is 0.251 e. The first-order valence-corrected chi connectivity index (χ1v) is 5.36. The van der Waals surface area contributed by atoms with E-state index in [-0.39, 0.29) is 5.91 Å². The maximum absolute atomic E-state index is 11.8. The molecule has 1 amide bonds. The number of nitrogens with one attached hydrogen (secondary N) is 1. The van der Waals surface area contributed by atoms with E-state index in [1.54, 1.807) is 6.07 Å². The molecule has 88 valence electrons. The van der Waals surface area contributed by atoms with E-state index in [4.69, 9.17) is 5.73 Å². The summed E-state index contributed by atoms with van der Waals surface area (Å²) < 4.78 is 0. The van der Waals surface area contributed by atoms with Crippen molar-refractivity contribution in [2.24, 2.45) is 5.73 Å². The molecule has 4 heteroatoms. The molecular formula is C12H19N3O. The summed E-state index contributed by atoms with van der Waals surface area (Å²) in [6.07, 6.45) is 0. The number of amides is 1. The molecule has 4 nitrogen and oxygen atoms in total. The van der Waals surface area contributed by atoms with Gasteiger partial charge in [0.05, 0.1) is 0 Å². The molecule has 0 fully saturated rings. The van der Waals surface area contributed by atoms with Gasteiger partial charge in [0.25, 0.3) is 5.91 Å². The highest BCUT2D eigenvalue weighted by atomic mass is 16.1. The SMILES string of the molecule is CN(C)CCNC(=O)c1ccccc1CN. The van der Waals surface area contributed by atoms with E-state index in [9.17, 15) is 4.79 Å². The highest BCUT2D eigenvalue weighted by molar-refractivity contribution is 5.95. The Kier molecular flexibility index (Phi) is 4.95. The second-order valence-corrected chi connectivity index (χ2v) is 3.92. The van der Waals surface area contributed by atoms with Crippen molar-refractivity contribution in [3.63, 3.8) is 0 Å². The van der Waals surface area contributed by atoms with Crippen molar-refractivity contribution < 1.29 is 4.79 Å². The maximum atomic E-state index is 11.8. The summed E-state index contributed by atoms with van der Waals surface area (Å²) in [7, 11) is 3.94. The van der Waals surface area contributed by atoms with Gasteiger partial charge in [-0.05, 0) is 25.7 Å². The van der Waals surface area contributed by atoms with Crippen molar-refractivity contribution in [3.8, 4) is 0 Å². The Labute approximate surface area is 96.4 Å². The van der Waals surface area contributed by atoms with Gasteiger partial charge < -0.3 is 16.0 Å². The number of likely N-dealkylation sites (N-methyl/N-ethyl adjacent to an activating group) is 1. The highest BCUT2D eigenvalue weighted by Crippen LogP contribution is 2.07. The first kappa shape index (κ1) is 12.7. The van der Waals surface area contributed by atoms with Crippen LogP contribution in [-0.4, -0.2) is 38.0 Å². The van der Waals surface area contributed by atoms with Crippen molar-refractivity contribution in [1.82, 2.24) is 10.2 Å². The molecule has 1 aromatic rings. The quantitative estimate of drug-likeness (QED) is 0.758. The molecule has 0 radical (unpaired) electrons. The van der Waals surface area contributed by atoms with E-state index in [1.807, 2.05) is 37.2 Å². The summed E-state index contributed by atoms with van der Waals surface area (Å²) in [5, 5.41) is 2.87. The van der Waals surface area contributed by atoms with Crippen LogP contribution < -0.4 is 11.1 Å². The molecule has 1 rings (SSSR count). The molecule has 0 aliphatic rings. The summed E-state index contributed by atoms with van der Waals surface area (Å²) >= 11 is 0. The van der Waals surface area contributed by atoms with Gasteiger partial charge in [0.1, 0.15) is 0 Å². The minimum absolute atomic E-state index is 0.0529. The molecule has 0 unspecified atom stereocenters. The zero-order valence-corrected chi connectivity index (χ0v) is 9.86. The van der Waals surface area contributed by atoms with Crippen LogP contribution in [0.3, 0.4) is 0 Å². The number of carbonyl (C=O) groups is 1. The molecule has 0 saturated carbocycles. The lowest BCUT2D eigenvalue weighted by Crippen LogP contribution is -2.32. The first-order valence-electron chi connectivity index (χ1n) is 5.36. The minimum atomic E-state index is -0.0529. The Morgan fingerprint density at radius 2 is 2.06 bits per heavy atom. The third-order valence-corrected chi connectivity index (χ3v) is 2.33. The van der Waals surface area contributed by atoms with Crippen LogP contribution in [0.4, 0.5) is 0 Å². The Morgan fingerprint density at radius 1 is 1.38 bits per heavy atom. The van der Waals surface area contributed by atoms with Crippen molar-refractivity contribution in [3.05, 3.63) is 35.4 Å². The largest absolute Gasteiger partial charge is 0.351 e. The Hall–Kier alpha value is -1.39. The minimum Gasteiger partial charge on any atom is -0.351 e. The summed E-state index contributed by atoms with van der Waals surface area (Å²) in [4.78, 5) is 13.8. The monoisotopic (exact) mass is 221 g/mol. The fraction of sp³-hybridized carbons (Fsp3) is 0.417. The third kappa shape index (κ3) is 3.64. The number of carbonyl (C=O) groups excluding carboxylic acids is 1. The number of hydrogen-bond donors (Lipinski definition) is 2. The van der Waals surface area contributed by atoms with Gasteiger partial charge in [0.15, 0.2) is 0 Å². The van der Waals surface area contributed by atoms with Crippen LogP contribution in [-0.2, 0) is 6.54 Å². The standard InChI is InChI=1S/C12H19N3O/c1-15(2)8-7-14-12(16)11-6-4-3-5-10(11)9-13/h3-6H,7-9,13H2,1-2H3,(H,14,16). The van der Waals surface area contributed by atoms with Crippen LogP contribution in [0.2, 0.25) is 0 Å². The van der Waals surface area contributed by atoms with Crippen LogP contribution in [0.15, 0.2) is 24.3 Å². The number of rotatable bonds is 5. The normalized spacial score (nSPS) is 10.5.